The number of nitrogens with zero attached hydrogens (tertiary/aromatic N) is 2. The third-order valence-electron chi connectivity index (χ3n) is 4.42. The van der Waals surface area contributed by atoms with Gasteiger partial charge in [-0.3, -0.25) is 0 Å². The highest BCUT2D eigenvalue weighted by atomic mass is 15.1. The number of nitrogens with one attached hydrogen (secondary N) is 1. The molecule has 0 aliphatic heterocycles. The average Bonchev–Trinajstić information content (AvgIpc) is 2.87. The topological polar surface area (TPSA) is 29.9 Å². The van der Waals surface area contributed by atoms with E-state index in [1.165, 1.54) is 37.9 Å². The van der Waals surface area contributed by atoms with E-state index in [2.05, 4.69) is 42.0 Å². The van der Waals surface area contributed by atoms with E-state index in [0.29, 0.717) is 12.1 Å². The summed E-state index contributed by atoms with van der Waals surface area (Å²) in [6.07, 6.45) is 11.8. The molecular formula is C15H27N3. The summed E-state index contributed by atoms with van der Waals surface area (Å²) in [6, 6.07) is 1.20. The van der Waals surface area contributed by atoms with Crippen molar-refractivity contribution in [1.29, 1.82) is 0 Å². The van der Waals surface area contributed by atoms with Crippen molar-refractivity contribution in [2.45, 2.75) is 64.5 Å². The zero-order valence-electron chi connectivity index (χ0n) is 12.0. The minimum absolute atomic E-state index is 0.595. The number of aryl methyl sites for hydroxylation is 1. The molecular weight excluding hydrogens is 222 g/mol. The molecule has 102 valence electrons. The van der Waals surface area contributed by atoms with E-state index in [0.717, 1.165) is 12.3 Å². The van der Waals surface area contributed by atoms with E-state index < -0.39 is 0 Å². The molecule has 1 aliphatic rings. The Labute approximate surface area is 111 Å². The van der Waals surface area contributed by atoms with Gasteiger partial charge < -0.3 is 9.88 Å². The molecule has 0 bridgehead atoms. The maximum atomic E-state index is 4.48. The van der Waals surface area contributed by atoms with Gasteiger partial charge in [-0.05, 0) is 32.2 Å². The van der Waals surface area contributed by atoms with E-state index >= 15 is 0 Å². The van der Waals surface area contributed by atoms with Gasteiger partial charge in [0.15, 0.2) is 0 Å². The Morgan fingerprint density at radius 1 is 1.39 bits per heavy atom. The molecule has 3 nitrogen and oxygen atoms in total. The van der Waals surface area contributed by atoms with Gasteiger partial charge in [0.25, 0.3) is 0 Å². The third kappa shape index (κ3) is 2.77. The highest BCUT2D eigenvalue weighted by molar-refractivity contribution is 4.99. The lowest BCUT2D eigenvalue weighted by Gasteiger charge is -2.37. The van der Waals surface area contributed by atoms with Gasteiger partial charge in [0, 0.05) is 24.9 Å². The summed E-state index contributed by atoms with van der Waals surface area (Å²) in [7, 11) is 2.10. The molecule has 0 radical (unpaired) electrons. The molecule has 2 rings (SSSR count). The molecule has 1 aliphatic carbocycles. The molecule has 3 unspecified atom stereocenters. The second-order valence-electron chi connectivity index (χ2n) is 5.53. The minimum atomic E-state index is 0.595. The van der Waals surface area contributed by atoms with Crippen LogP contribution < -0.4 is 5.32 Å². The van der Waals surface area contributed by atoms with Crippen molar-refractivity contribution in [3.05, 3.63) is 18.2 Å². The van der Waals surface area contributed by atoms with Crippen LogP contribution in [0.1, 0.15) is 57.8 Å². The lowest BCUT2D eigenvalue weighted by atomic mass is 9.80. The zero-order valence-corrected chi connectivity index (χ0v) is 12.0. The standard InChI is InChI=1S/C15H27N3/c1-4-6-12-7-8-13(16-3)14(11-12)18-10-9-17-15(18)5-2/h9-10,12-14,16H,4-8,11H2,1-3H3. The number of imidazole rings is 1. The second kappa shape index (κ2) is 6.37. The Balaban J connectivity index is 2.15. The van der Waals surface area contributed by atoms with E-state index in [-0.39, 0.29) is 0 Å². The molecule has 0 spiro atoms. The second-order valence-corrected chi connectivity index (χ2v) is 5.53. The molecule has 1 N–H and O–H groups in total. The van der Waals surface area contributed by atoms with Crippen LogP contribution in [-0.4, -0.2) is 22.6 Å². The van der Waals surface area contributed by atoms with Crippen molar-refractivity contribution in [3.8, 4) is 0 Å². The number of hydrogen-bond donors (Lipinski definition) is 1. The van der Waals surface area contributed by atoms with Crippen molar-refractivity contribution >= 4 is 0 Å². The highest BCUT2D eigenvalue weighted by Gasteiger charge is 2.31. The van der Waals surface area contributed by atoms with Gasteiger partial charge in [-0.15, -0.1) is 0 Å². The van der Waals surface area contributed by atoms with E-state index in [9.17, 15) is 0 Å². The number of rotatable bonds is 5. The quantitative estimate of drug-likeness (QED) is 0.868. The summed E-state index contributed by atoms with van der Waals surface area (Å²) in [5.41, 5.74) is 0. The Kier molecular flexibility index (Phi) is 4.81. The Bertz CT molecular complexity index is 358. The zero-order chi connectivity index (χ0) is 13.0. The molecule has 18 heavy (non-hydrogen) atoms. The lowest BCUT2D eigenvalue weighted by Crippen LogP contribution is -2.40. The van der Waals surface area contributed by atoms with Gasteiger partial charge in [-0.1, -0.05) is 26.7 Å². The van der Waals surface area contributed by atoms with Gasteiger partial charge in [-0.2, -0.15) is 0 Å². The van der Waals surface area contributed by atoms with Crippen molar-refractivity contribution in [2.75, 3.05) is 7.05 Å². The van der Waals surface area contributed by atoms with Crippen LogP contribution in [0.2, 0.25) is 0 Å². The summed E-state index contributed by atoms with van der Waals surface area (Å²) in [6.45, 7) is 4.49. The van der Waals surface area contributed by atoms with Crippen LogP contribution in [0.4, 0.5) is 0 Å². The summed E-state index contributed by atoms with van der Waals surface area (Å²) in [4.78, 5) is 4.48. The first-order valence-electron chi connectivity index (χ1n) is 7.49. The van der Waals surface area contributed by atoms with E-state index in [4.69, 9.17) is 0 Å². The lowest BCUT2D eigenvalue weighted by molar-refractivity contribution is 0.201. The van der Waals surface area contributed by atoms with Gasteiger partial charge in [0.2, 0.25) is 0 Å². The van der Waals surface area contributed by atoms with Gasteiger partial charge in [-0.25, -0.2) is 4.98 Å². The molecule has 0 amide bonds. The number of aromatic nitrogens is 2. The first-order valence-corrected chi connectivity index (χ1v) is 7.49. The predicted molar refractivity (Wildman–Crippen MR) is 75.7 cm³/mol. The number of likely N-dealkylation sites (N-methyl/N-ethyl adjacent to an activating group) is 1. The van der Waals surface area contributed by atoms with E-state index in [1.54, 1.807) is 0 Å². The molecule has 1 saturated carbocycles. The van der Waals surface area contributed by atoms with Gasteiger partial charge in [0.1, 0.15) is 5.82 Å². The van der Waals surface area contributed by atoms with Crippen LogP contribution in [0.15, 0.2) is 12.4 Å². The van der Waals surface area contributed by atoms with E-state index in [1.807, 2.05) is 6.20 Å². The number of hydrogen-bond acceptors (Lipinski definition) is 2. The van der Waals surface area contributed by atoms with Crippen LogP contribution in [0, 0.1) is 5.92 Å². The Hall–Kier alpha value is -0.830. The van der Waals surface area contributed by atoms with Gasteiger partial charge in [0.05, 0.1) is 6.04 Å². The fraction of sp³-hybridized carbons (Fsp3) is 0.800. The fourth-order valence-electron chi connectivity index (χ4n) is 3.47. The van der Waals surface area contributed by atoms with Crippen molar-refractivity contribution in [3.63, 3.8) is 0 Å². The molecule has 0 aromatic carbocycles. The van der Waals surface area contributed by atoms with Crippen LogP contribution >= 0.6 is 0 Å². The molecule has 0 saturated heterocycles. The fourth-order valence-corrected chi connectivity index (χ4v) is 3.47. The average molecular weight is 249 g/mol. The molecule has 3 atom stereocenters. The first-order chi connectivity index (χ1) is 8.80. The summed E-state index contributed by atoms with van der Waals surface area (Å²) >= 11 is 0. The maximum absolute atomic E-state index is 4.48. The smallest absolute Gasteiger partial charge is 0.108 e. The summed E-state index contributed by atoms with van der Waals surface area (Å²) in [5.74, 6) is 2.13. The summed E-state index contributed by atoms with van der Waals surface area (Å²) < 4.78 is 2.42. The van der Waals surface area contributed by atoms with Crippen molar-refractivity contribution in [2.24, 2.45) is 5.92 Å². The van der Waals surface area contributed by atoms with Crippen LogP contribution in [-0.2, 0) is 6.42 Å². The van der Waals surface area contributed by atoms with Crippen LogP contribution in [0.5, 0.6) is 0 Å². The van der Waals surface area contributed by atoms with Crippen LogP contribution in [0.3, 0.4) is 0 Å². The Morgan fingerprint density at radius 2 is 2.22 bits per heavy atom. The molecule has 1 heterocycles. The predicted octanol–water partition coefficient (Wildman–Crippen LogP) is 3.17. The third-order valence-corrected chi connectivity index (χ3v) is 4.42. The van der Waals surface area contributed by atoms with Gasteiger partial charge >= 0.3 is 0 Å². The molecule has 3 heteroatoms. The molecule has 1 aromatic rings. The highest BCUT2D eigenvalue weighted by Crippen LogP contribution is 2.35. The van der Waals surface area contributed by atoms with Crippen molar-refractivity contribution in [1.82, 2.24) is 14.9 Å². The first kappa shape index (κ1) is 13.6. The molecule has 1 fully saturated rings. The summed E-state index contributed by atoms with van der Waals surface area (Å²) in [5, 5.41) is 3.51. The SMILES string of the molecule is CCCC1CCC(NC)C(n2ccnc2CC)C1. The maximum Gasteiger partial charge on any atom is 0.108 e. The Morgan fingerprint density at radius 3 is 2.89 bits per heavy atom. The molecule has 1 aromatic heterocycles. The monoisotopic (exact) mass is 249 g/mol. The van der Waals surface area contributed by atoms with Crippen molar-refractivity contribution < 1.29 is 0 Å². The van der Waals surface area contributed by atoms with Crippen LogP contribution in [0.25, 0.3) is 0 Å². The normalized spacial score (nSPS) is 28.5. The largest absolute Gasteiger partial charge is 0.330 e. The minimum Gasteiger partial charge on any atom is -0.330 e.